The van der Waals surface area contributed by atoms with Crippen molar-refractivity contribution < 1.29 is 23.8 Å². The van der Waals surface area contributed by atoms with E-state index >= 15 is 0 Å². The van der Waals surface area contributed by atoms with Crippen LogP contribution in [0, 0.1) is 0 Å². The first kappa shape index (κ1) is 20.2. The summed E-state index contributed by atoms with van der Waals surface area (Å²) >= 11 is 6.11. The van der Waals surface area contributed by atoms with Gasteiger partial charge in [0.15, 0.2) is 0 Å². The number of benzene rings is 1. The number of carbonyl (C=O) groups excluding carboxylic acids is 1. The molecule has 5 nitrogen and oxygen atoms in total. The molecule has 0 bridgehead atoms. The fourth-order valence-electron chi connectivity index (χ4n) is 2.40. The molecule has 0 fully saturated rings. The maximum Gasteiger partial charge on any atom is 0.408 e. The van der Waals surface area contributed by atoms with Crippen LogP contribution in [0.5, 0.6) is 0 Å². The van der Waals surface area contributed by atoms with Crippen molar-refractivity contribution in [2.45, 2.75) is 57.8 Å². The van der Waals surface area contributed by atoms with Crippen LogP contribution in [0.1, 0.15) is 46.1 Å². The topological polar surface area (TPSA) is 75.6 Å². The van der Waals surface area contributed by atoms with Crippen LogP contribution in [-0.2, 0) is 9.53 Å². The van der Waals surface area contributed by atoms with Crippen LogP contribution in [0.2, 0.25) is 5.02 Å². The molecule has 1 rings (SSSR count). The lowest BCUT2D eigenvalue weighted by molar-refractivity contribution is -0.141. The number of rotatable bonds is 5. The van der Waals surface area contributed by atoms with Gasteiger partial charge in [-0.05, 0) is 46.2 Å². The van der Waals surface area contributed by atoms with Crippen LogP contribution in [0.15, 0.2) is 24.3 Å². The Labute approximate surface area is 146 Å². The summed E-state index contributed by atoms with van der Waals surface area (Å²) in [5.41, 5.74) is -2.46. The quantitative estimate of drug-likeness (QED) is 0.828. The zero-order valence-electron chi connectivity index (χ0n) is 14.4. The summed E-state index contributed by atoms with van der Waals surface area (Å²) in [7, 11) is 0. The predicted octanol–water partition coefficient (Wildman–Crippen LogP) is 4.15. The van der Waals surface area contributed by atoms with Gasteiger partial charge in [-0.3, -0.25) is 0 Å². The maximum absolute atomic E-state index is 14.8. The number of alkyl halides is 1. The molecule has 0 spiro atoms. The third kappa shape index (κ3) is 5.67. The Morgan fingerprint density at radius 3 is 2.17 bits per heavy atom. The largest absolute Gasteiger partial charge is 0.480 e. The minimum Gasteiger partial charge on any atom is -0.480 e. The van der Waals surface area contributed by atoms with Crippen molar-refractivity contribution in [3.63, 3.8) is 0 Å². The van der Waals surface area contributed by atoms with Crippen LogP contribution < -0.4 is 5.32 Å². The number of hydrogen-bond donors (Lipinski definition) is 2. The summed E-state index contributed by atoms with van der Waals surface area (Å²) < 4.78 is 19.9. The third-order valence-electron chi connectivity index (χ3n) is 3.25. The molecule has 1 aromatic rings. The first-order valence-electron chi connectivity index (χ1n) is 7.48. The van der Waals surface area contributed by atoms with E-state index in [9.17, 15) is 19.1 Å². The van der Waals surface area contributed by atoms with Gasteiger partial charge in [0.1, 0.15) is 17.3 Å². The molecule has 0 saturated heterocycles. The lowest BCUT2D eigenvalue weighted by Gasteiger charge is -2.33. The number of ether oxygens (including phenoxy) is 1. The molecule has 7 heteroatoms. The molecule has 24 heavy (non-hydrogen) atoms. The van der Waals surface area contributed by atoms with Gasteiger partial charge in [-0.15, -0.1) is 0 Å². The molecule has 0 aliphatic carbocycles. The second-order valence-corrected chi connectivity index (χ2v) is 7.43. The van der Waals surface area contributed by atoms with Crippen molar-refractivity contribution in [2.24, 2.45) is 0 Å². The SMILES string of the molecule is CC(C)(C)OC(=O)NC(C(=O)O)C(c1ccccc1Cl)C(C)(C)F. The molecule has 2 unspecified atom stereocenters. The van der Waals surface area contributed by atoms with Gasteiger partial charge >= 0.3 is 12.1 Å². The second-order valence-electron chi connectivity index (χ2n) is 7.03. The summed E-state index contributed by atoms with van der Waals surface area (Å²) in [4.78, 5) is 23.7. The zero-order valence-corrected chi connectivity index (χ0v) is 15.1. The minimum absolute atomic E-state index is 0.227. The van der Waals surface area contributed by atoms with Crippen molar-refractivity contribution in [1.82, 2.24) is 5.32 Å². The van der Waals surface area contributed by atoms with E-state index in [0.717, 1.165) is 0 Å². The summed E-state index contributed by atoms with van der Waals surface area (Å²) in [5.74, 6) is -2.58. The average molecular weight is 360 g/mol. The number of hydrogen-bond acceptors (Lipinski definition) is 3. The summed E-state index contributed by atoms with van der Waals surface area (Å²) in [5, 5.41) is 12.0. The highest BCUT2D eigenvalue weighted by molar-refractivity contribution is 6.31. The van der Waals surface area contributed by atoms with E-state index < -0.39 is 35.3 Å². The van der Waals surface area contributed by atoms with Crippen LogP contribution in [0.25, 0.3) is 0 Å². The first-order valence-corrected chi connectivity index (χ1v) is 7.86. The van der Waals surface area contributed by atoms with Crippen molar-refractivity contribution in [3.8, 4) is 0 Å². The Kier molecular flexibility index (Phi) is 6.22. The number of alkyl carbamates (subject to hydrolysis) is 1. The minimum atomic E-state index is -1.96. The van der Waals surface area contributed by atoms with Gasteiger partial charge in [0.05, 0.1) is 5.92 Å². The summed E-state index contributed by atoms with van der Waals surface area (Å²) in [6, 6.07) is 4.83. The van der Waals surface area contributed by atoms with E-state index in [1.54, 1.807) is 45.0 Å². The Morgan fingerprint density at radius 2 is 1.75 bits per heavy atom. The molecule has 0 aliphatic heterocycles. The molecule has 0 heterocycles. The molecule has 0 aromatic heterocycles. The molecular weight excluding hydrogens is 337 g/mol. The number of carbonyl (C=O) groups is 2. The molecule has 0 aliphatic rings. The predicted molar refractivity (Wildman–Crippen MR) is 90.2 cm³/mol. The molecule has 2 atom stereocenters. The molecule has 1 amide bonds. The number of amides is 1. The highest BCUT2D eigenvalue weighted by atomic mass is 35.5. The number of carboxylic acids is 1. The highest BCUT2D eigenvalue weighted by Gasteiger charge is 2.43. The summed E-state index contributed by atoms with van der Waals surface area (Å²) in [6.07, 6.45) is -0.934. The van der Waals surface area contributed by atoms with Crippen molar-refractivity contribution in [2.75, 3.05) is 0 Å². The van der Waals surface area contributed by atoms with E-state index in [1.165, 1.54) is 13.8 Å². The average Bonchev–Trinajstić information content (AvgIpc) is 2.36. The Balaban J connectivity index is 3.24. The highest BCUT2D eigenvalue weighted by Crippen LogP contribution is 2.38. The number of nitrogens with one attached hydrogen (secondary N) is 1. The first-order chi connectivity index (χ1) is 10.8. The summed E-state index contributed by atoms with van der Waals surface area (Å²) in [6.45, 7) is 7.42. The standard InChI is InChI=1S/C17H23ClFNO4/c1-16(2,3)24-15(23)20-13(14(21)22)12(17(4,5)19)10-8-6-7-9-11(10)18/h6-9,12-13H,1-5H3,(H,20,23)(H,21,22). The number of carboxylic acid groups (broad SMARTS) is 1. The number of halogens is 2. The molecule has 134 valence electrons. The molecule has 0 radical (unpaired) electrons. The van der Waals surface area contributed by atoms with Gasteiger partial charge in [-0.1, -0.05) is 29.8 Å². The van der Waals surface area contributed by atoms with Gasteiger partial charge in [0, 0.05) is 5.02 Å². The van der Waals surface area contributed by atoms with Gasteiger partial charge in [0.25, 0.3) is 0 Å². The second kappa shape index (κ2) is 7.38. The fourth-order valence-corrected chi connectivity index (χ4v) is 2.65. The van der Waals surface area contributed by atoms with E-state index in [1.807, 2.05) is 0 Å². The Morgan fingerprint density at radius 1 is 1.21 bits per heavy atom. The Bertz CT molecular complexity index is 607. The van der Waals surface area contributed by atoms with Crippen molar-refractivity contribution in [1.29, 1.82) is 0 Å². The van der Waals surface area contributed by atoms with Gasteiger partial charge in [-0.2, -0.15) is 0 Å². The van der Waals surface area contributed by atoms with Crippen LogP contribution in [-0.4, -0.2) is 34.5 Å². The van der Waals surface area contributed by atoms with E-state index in [0.29, 0.717) is 5.56 Å². The molecule has 0 saturated carbocycles. The Hall–Kier alpha value is -1.82. The lowest BCUT2D eigenvalue weighted by atomic mass is 9.80. The van der Waals surface area contributed by atoms with E-state index in [2.05, 4.69) is 5.32 Å². The number of aliphatic carboxylic acids is 1. The van der Waals surface area contributed by atoms with Crippen LogP contribution in [0.3, 0.4) is 0 Å². The zero-order chi connectivity index (χ0) is 18.7. The third-order valence-corrected chi connectivity index (χ3v) is 3.60. The normalized spacial score (nSPS) is 14.6. The molecule has 2 N–H and O–H groups in total. The molecular formula is C17H23ClFNO4. The molecule has 1 aromatic carbocycles. The van der Waals surface area contributed by atoms with Crippen molar-refractivity contribution in [3.05, 3.63) is 34.9 Å². The van der Waals surface area contributed by atoms with Crippen LogP contribution >= 0.6 is 11.6 Å². The van der Waals surface area contributed by atoms with Gasteiger partial charge in [0.2, 0.25) is 0 Å². The van der Waals surface area contributed by atoms with Crippen LogP contribution in [0.4, 0.5) is 9.18 Å². The van der Waals surface area contributed by atoms with Gasteiger partial charge in [-0.25, -0.2) is 14.0 Å². The van der Waals surface area contributed by atoms with E-state index in [-0.39, 0.29) is 5.02 Å². The van der Waals surface area contributed by atoms with E-state index in [4.69, 9.17) is 16.3 Å². The van der Waals surface area contributed by atoms with Gasteiger partial charge < -0.3 is 15.2 Å². The maximum atomic E-state index is 14.8. The fraction of sp³-hybridized carbons (Fsp3) is 0.529. The monoisotopic (exact) mass is 359 g/mol. The lowest BCUT2D eigenvalue weighted by Crippen LogP contribution is -2.51. The smallest absolute Gasteiger partial charge is 0.408 e. The van der Waals surface area contributed by atoms with Crippen molar-refractivity contribution >= 4 is 23.7 Å².